The van der Waals surface area contributed by atoms with Gasteiger partial charge in [0.1, 0.15) is 5.75 Å². The average molecular weight is 443 g/mol. The summed E-state index contributed by atoms with van der Waals surface area (Å²) in [6.45, 7) is 2.64. The normalized spacial score (nSPS) is 15.9. The van der Waals surface area contributed by atoms with Crippen LogP contribution < -0.4 is 9.46 Å². The Morgan fingerprint density at radius 1 is 1.26 bits per heavy atom. The Morgan fingerprint density at radius 3 is 2.93 bits per heavy atom. The van der Waals surface area contributed by atoms with Crippen LogP contribution in [-0.2, 0) is 11.8 Å². The van der Waals surface area contributed by atoms with Crippen molar-refractivity contribution in [1.29, 1.82) is 0 Å². The van der Waals surface area contributed by atoms with Crippen molar-refractivity contribution in [2.24, 2.45) is 0 Å². The molecule has 6 heteroatoms. The summed E-state index contributed by atoms with van der Waals surface area (Å²) >= 11 is 5.11. The summed E-state index contributed by atoms with van der Waals surface area (Å²) in [4.78, 5) is 1.04. The van der Waals surface area contributed by atoms with Gasteiger partial charge in [-0.2, -0.15) is 0 Å². The van der Waals surface area contributed by atoms with E-state index in [-0.39, 0.29) is 5.41 Å². The van der Waals surface area contributed by atoms with Crippen molar-refractivity contribution >= 4 is 33.7 Å². The second kappa shape index (κ2) is 6.60. The van der Waals surface area contributed by atoms with Gasteiger partial charge in [0.2, 0.25) is 0 Å². The molecule has 1 aromatic heterocycles. The van der Waals surface area contributed by atoms with Crippen molar-refractivity contribution in [3.05, 3.63) is 58.1 Å². The largest absolute Gasteiger partial charge is 0.493 e. The zero-order valence-corrected chi connectivity index (χ0v) is 17.3. The number of rotatable bonds is 5. The summed E-state index contributed by atoms with van der Waals surface area (Å²) in [5.41, 5.74) is 4.01. The van der Waals surface area contributed by atoms with Crippen molar-refractivity contribution in [3.8, 4) is 17.1 Å². The molecule has 2 aliphatic rings. The van der Waals surface area contributed by atoms with Gasteiger partial charge in [-0.1, -0.05) is 39.3 Å². The lowest BCUT2D eigenvalue weighted by molar-refractivity contribution is 0.332. The summed E-state index contributed by atoms with van der Waals surface area (Å²) in [5, 5.41) is 4.35. The molecule has 0 bridgehead atoms. The first kappa shape index (κ1) is 17.2. The van der Waals surface area contributed by atoms with E-state index in [2.05, 4.69) is 44.0 Å². The maximum Gasteiger partial charge on any atom is 0.183 e. The summed E-state index contributed by atoms with van der Waals surface area (Å²) in [6.07, 6.45) is 3.44. The number of hydrogen-bond donors (Lipinski definition) is 1. The van der Waals surface area contributed by atoms with E-state index in [0.29, 0.717) is 6.61 Å². The molecule has 1 N–H and O–H groups in total. The summed E-state index contributed by atoms with van der Waals surface area (Å²) in [7, 11) is 0. The molecule has 0 amide bonds. The fourth-order valence-corrected chi connectivity index (χ4v) is 4.98. The van der Waals surface area contributed by atoms with E-state index in [1.807, 2.05) is 31.2 Å². The minimum Gasteiger partial charge on any atom is -0.493 e. The lowest BCUT2D eigenvalue weighted by Gasteiger charge is -2.24. The molecule has 1 saturated carbocycles. The highest BCUT2D eigenvalue weighted by Crippen LogP contribution is 2.58. The van der Waals surface area contributed by atoms with E-state index in [9.17, 15) is 0 Å². The SMILES string of the molecule is CCOc1ccccc1SNc1noc2c1CC1(CC1)c1ccc(Br)cc1-2. The molecule has 0 atom stereocenters. The number of nitrogens with one attached hydrogen (secondary N) is 1. The van der Waals surface area contributed by atoms with Gasteiger partial charge in [-0.3, -0.25) is 0 Å². The molecule has 27 heavy (non-hydrogen) atoms. The lowest BCUT2D eigenvalue weighted by atomic mass is 9.79. The van der Waals surface area contributed by atoms with Crippen LogP contribution in [0.25, 0.3) is 11.3 Å². The van der Waals surface area contributed by atoms with Crippen LogP contribution in [-0.4, -0.2) is 11.8 Å². The first-order valence-electron chi connectivity index (χ1n) is 9.14. The number of nitrogens with zero attached hydrogens (tertiary/aromatic N) is 1. The van der Waals surface area contributed by atoms with Crippen LogP contribution in [0, 0.1) is 0 Å². The number of anilines is 1. The maximum atomic E-state index is 5.78. The Balaban J connectivity index is 1.46. The molecule has 2 aliphatic carbocycles. The Bertz CT molecular complexity index is 1010. The van der Waals surface area contributed by atoms with Crippen LogP contribution in [0.3, 0.4) is 0 Å². The van der Waals surface area contributed by atoms with Crippen LogP contribution in [0.1, 0.15) is 30.9 Å². The second-order valence-corrected chi connectivity index (χ2v) is 8.83. The zero-order valence-electron chi connectivity index (χ0n) is 14.9. The van der Waals surface area contributed by atoms with Crippen molar-refractivity contribution < 1.29 is 9.26 Å². The van der Waals surface area contributed by atoms with Crippen molar-refractivity contribution in [3.63, 3.8) is 0 Å². The number of hydrogen-bond acceptors (Lipinski definition) is 5. The van der Waals surface area contributed by atoms with Crippen LogP contribution in [0.15, 0.2) is 56.4 Å². The van der Waals surface area contributed by atoms with Crippen LogP contribution in [0.5, 0.6) is 5.75 Å². The fraction of sp³-hybridized carbons (Fsp3) is 0.286. The quantitative estimate of drug-likeness (QED) is 0.475. The minimum absolute atomic E-state index is 0.263. The Morgan fingerprint density at radius 2 is 2.11 bits per heavy atom. The van der Waals surface area contributed by atoms with E-state index in [1.54, 1.807) is 0 Å². The van der Waals surface area contributed by atoms with Gasteiger partial charge in [-0.05, 0) is 68.0 Å². The third kappa shape index (κ3) is 2.95. The van der Waals surface area contributed by atoms with E-state index >= 15 is 0 Å². The predicted molar refractivity (Wildman–Crippen MR) is 111 cm³/mol. The van der Waals surface area contributed by atoms with Crippen LogP contribution >= 0.6 is 27.9 Å². The molecule has 5 rings (SSSR count). The molecule has 1 spiro atoms. The molecule has 0 aliphatic heterocycles. The Kier molecular flexibility index (Phi) is 4.20. The molecule has 1 fully saturated rings. The lowest BCUT2D eigenvalue weighted by Crippen LogP contribution is -2.17. The first-order valence-corrected chi connectivity index (χ1v) is 10.7. The standard InChI is InChI=1S/C21H19BrN2O2S/c1-2-25-17-5-3-4-6-18(17)27-24-20-15-12-21(9-10-21)16-8-7-13(22)11-14(16)19(15)26-23-20/h3-8,11H,2,9-10,12H2,1H3,(H,23,24). The molecule has 2 aromatic carbocycles. The summed E-state index contributed by atoms with van der Waals surface area (Å²) < 4.78 is 16.0. The smallest absolute Gasteiger partial charge is 0.183 e. The second-order valence-electron chi connectivity index (χ2n) is 7.07. The third-order valence-corrected chi connectivity index (χ3v) is 6.71. The van der Waals surface area contributed by atoms with Gasteiger partial charge < -0.3 is 14.0 Å². The number of aromatic nitrogens is 1. The van der Waals surface area contributed by atoms with Gasteiger partial charge in [-0.25, -0.2) is 0 Å². The zero-order chi connectivity index (χ0) is 18.4. The fourth-order valence-electron chi connectivity index (χ4n) is 3.87. The average Bonchev–Trinajstić information content (AvgIpc) is 3.32. The molecule has 0 saturated heterocycles. The molecule has 4 nitrogen and oxygen atoms in total. The number of halogens is 1. The van der Waals surface area contributed by atoms with Crippen molar-refractivity contribution in [2.45, 2.75) is 36.5 Å². The molecule has 3 aromatic rings. The molecular weight excluding hydrogens is 424 g/mol. The number of ether oxygens (including phenoxy) is 1. The number of para-hydroxylation sites is 1. The van der Waals surface area contributed by atoms with E-state index in [1.165, 1.54) is 41.5 Å². The predicted octanol–water partition coefficient (Wildman–Crippen LogP) is 6.21. The van der Waals surface area contributed by atoms with Crippen LogP contribution in [0.2, 0.25) is 0 Å². The molecular formula is C21H19BrN2O2S. The molecule has 0 unspecified atom stereocenters. The highest BCUT2D eigenvalue weighted by molar-refractivity contribution is 9.10. The van der Waals surface area contributed by atoms with E-state index in [4.69, 9.17) is 9.26 Å². The highest BCUT2D eigenvalue weighted by Gasteiger charge is 2.50. The van der Waals surface area contributed by atoms with Gasteiger partial charge in [0.05, 0.1) is 11.5 Å². The molecule has 138 valence electrons. The molecule has 1 heterocycles. The third-order valence-electron chi connectivity index (χ3n) is 5.36. The summed E-state index contributed by atoms with van der Waals surface area (Å²) in [5.74, 6) is 2.59. The van der Waals surface area contributed by atoms with Crippen molar-refractivity contribution in [1.82, 2.24) is 5.16 Å². The molecule has 0 radical (unpaired) electrons. The van der Waals surface area contributed by atoms with Crippen molar-refractivity contribution in [2.75, 3.05) is 11.3 Å². The topological polar surface area (TPSA) is 47.3 Å². The number of benzene rings is 2. The van der Waals surface area contributed by atoms with Crippen LogP contribution in [0.4, 0.5) is 5.82 Å². The number of fused-ring (bicyclic) bond motifs is 4. The minimum atomic E-state index is 0.263. The van der Waals surface area contributed by atoms with Gasteiger partial charge in [-0.15, -0.1) is 0 Å². The van der Waals surface area contributed by atoms with Gasteiger partial charge in [0.15, 0.2) is 11.6 Å². The summed E-state index contributed by atoms with van der Waals surface area (Å²) in [6, 6.07) is 14.5. The van der Waals surface area contributed by atoms with Gasteiger partial charge >= 0.3 is 0 Å². The maximum absolute atomic E-state index is 5.78. The Labute approximate surface area is 170 Å². The van der Waals surface area contributed by atoms with E-state index in [0.717, 1.165) is 33.1 Å². The van der Waals surface area contributed by atoms with Gasteiger partial charge in [0, 0.05) is 21.0 Å². The van der Waals surface area contributed by atoms with Gasteiger partial charge in [0.25, 0.3) is 0 Å². The first-order chi connectivity index (χ1) is 13.2. The highest BCUT2D eigenvalue weighted by atomic mass is 79.9. The monoisotopic (exact) mass is 442 g/mol. The Hall–Kier alpha value is -1.92. The van der Waals surface area contributed by atoms with E-state index < -0.39 is 0 Å².